The van der Waals surface area contributed by atoms with Crippen LogP contribution >= 0.6 is 11.6 Å². The Bertz CT molecular complexity index is 421. The molecule has 1 fully saturated rings. The average Bonchev–Trinajstić information content (AvgIpc) is 2.42. The Morgan fingerprint density at radius 2 is 1.89 bits per heavy atom. The number of piperidine rings is 1. The summed E-state index contributed by atoms with van der Waals surface area (Å²) in [6.07, 6.45) is 3.64. The van der Waals surface area contributed by atoms with E-state index in [0.717, 1.165) is 18.7 Å². The number of nitrogens with zero attached hydrogens (tertiary/aromatic N) is 1. The van der Waals surface area contributed by atoms with E-state index in [1.165, 1.54) is 19.3 Å². The smallest absolute Gasteiger partial charge is 0.231 e. The first-order valence-corrected chi connectivity index (χ1v) is 7.99. The number of benzene rings is 1. The van der Waals surface area contributed by atoms with Gasteiger partial charge in [0.1, 0.15) is 0 Å². The van der Waals surface area contributed by atoms with E-state index in [0.29, 0.717) is 11.6 Å². The predicted octanol–water partition coefficient (Wildman–Crippen LogP) is 2.59. The summed E-state index contributed by atoms with van der Waals surface area (Å²) < 4.78 is 22.4. The summed E-state index contributed by atoms with van der Waals surface area (Å²) in [7, 11) is 0. The van der Waals surface area contributed by atoms with Crippen LogP contribution in [0.15, 0.2) is 24.3 Å². The first kappa shape index (κ1) is 14.9. The molecule has 0 spiro atoms. The Labute approximate surface area is 121 Å². The monoisotopic (exact) mass is 302 g/mol. The van der Waals surface area contributed by atoms with Crippen LogP contribution in [0.1, 0.15) is 30.9 Å². The Balaban J connectivity index is 2.12. The molecule has 6 heteroatoms. The van der Waals surface area contributed by atoms with Gasteiger partial charge in [-0.15, -0.1) is 0 Å². The third kappa shape index (κ3) is 4.54. The average molecular weight is 303 g/mol. The fourth-order valence-electron chi connectivity index (χ4n) is 2.52. The quantitative estimate of drug-likeness (QED) is 0.822. The number of nitrogens with one attached hydrogen (secondary N) is 1. The van der Waals surface area contributed by atoms with Crippen molar-refractivity contribution >= 4 is 22.9 Å². The summed E-state index contributed by atoms with van der Waals surface area (Å²) in [4.78, 5) is 2.37. The standard InChI is InChI=1S/C13H19ClN2O2S/c14-12-6-4-11(5-7-12)13(10-15-19(17)18)16-8-2-1-3-9-16/h4-7,13,15H,1-3,8-10H2,(H,17,18). The molecule has 2 atom stereocenters. The lowest BCUT2D eigenvalue weighted by Crippen LogP contribution is -2.39. The van der Waals surface area contributed by atoms with Gasteiger partial charge in [-0.2, -0.15) is 0 Å². The fourth-order valence-corrected chi connectivity index (χ4v) is 2.95. The van der Waals surface area contributed by atoms with E-state index in [4.69, 9.17) is 16.2 Å². The van der Waals surface area contributed by atoms with Gasteiger partial charge < -0.3 is 0 Å². The molecule has 1 aliphatic heterocycles. The molecule has 1 aliphatic rings. The molecule has 0 radical (unpaired) electrons. The fraction of sp³-hybridized carbons (Fsp3) is 0.538. The topological polar surface area (TPSA) is 52.6 Å². The van der Waals surface area contributed by atoms with Gasteiger partial charge in [0, 0.05) is 17.6 Å². The van der Waals surface area contributed by atoms with Crippen molar-refractivity contribution in [3.05, 3.63) is 34.9 Å². The minimum Gasteiger partial charge on any atom is -0.295 e. The predicted molar refractivity (Wildman–Crippen MR) is 78.4 cm³/mol. The maximum Gasteiger partial charge on any atom is 0.231 e. The lowest BCUT2D eigenvalue weighted by molar-refractivity contribution is 0.164. The van der Waals surface area contributed by atoms with Crippen molar-refractivity contribution in [1.29, 1.82) is 0 Å². The lowest BCUT2D eigenvalue weighted by Gasteiger charge is -2.34. The number of likely N-dealkylation sites (tertiary alicyclic amines) is 1. The van der Waals surface area contributed by atoms with E-state index in [2.05, 4.69) is 9.62 Å². The first-order chi connectivity index (χ1) is 9.16. The zero-order valence-corrected chi connectivity index (χ0v) is 12.3. The van der Waals surface area contributed by atoms with E-state index in [1.807, 2.05) is 24.3 Å². The molecular weight excluding hydrogens is 284 g/mol. The minimum atomic E-state index is -1.97. The van der Waals surface area contributed by atoms with E-state index < -0.39 is 11.3 Å². The molecular formula is C13H19ClN2O2S. The van der Waals surface area contributed by atoms with Crippen LogP contribution in [0.5, 0.6) is 0 Å². The second-order valence-corrected chi connectivity index (χ2v) is 5.99. The van der Waals surface area contributed by atoms with Gasteiger partial charge in [0.2, 0.25) is 11.3 Å². The molecule has 2 N–H and O–H groups in total. The van der Waals surface area contributed by atoms with Crippen molar-refractivity contribution in [2.45, 2.75) is 25.3 Å². The van der Waals surface area contributed by atoms with Crippen LogP contribution < -0.4 is 4.72 Å². The third-order valence-corrected chi connectivity index (χ3v) is 4.15. The van der Waals surface area contributed by atoms with Crippen molar-refractivity contribution in [1.82, 2.24) is 9.62 Å². The molecule has 0 amide bonds. The van der Waals surface area contributed by atoms with Gasteiger partial charge in [0.25, 0.3) is 0 Å². The van der Waals surface area contributed by atoms with Crippen molar-refractivity contribution < 1.29 is 8.76 Å². The molecule has 106 valence electrons. The molecule has 2 rings (SSSR count). The SMILES string of the molecule is O=S(O)NCC(c1ccc(Cl)cc1)N1CCCCC1. The highest BCUT2D eigenvalue weighted by Crippen LogP contribution is 2.25. The molecule has 1 aromatic rings. The number of hydrogen-bond acceptors (Lipinski definition) is 2. The summed E-state index contributed by atoms with van der Waals surface area (Å²) in [5.74, 6) is 0. The highest BCUT2D eigenvalue weighted by molar-refractivity contribution is 7.77. The number of halogens is 1. The van der Waals surface area contributed by atoms with Gasteiger partial charge in [-0.05, 0) is 43.6 Å². The Morgan fingerprint density at radius 1 is 1.26 bits per heavy atom. The van der Waals surface area contributed by atoms with Gasteiger partial charge in [-0.25, -0.2) is 8.93 Å². The van der Waals surface area contributed by atoms with Crippen molar-refractivity contribution in [3.8, 4) is 0 Å². The molecule has 1 aromatic carbocycles. The molecule has 0 bridgehead atoms. The largest absolute Gasteiger partial charge is 0.295 e. The molecule has 0 aromatic heterocycles. The van der Waals surface area contributed by atoms with Gasteiger partial charge in [0.15, 0.2) is 0 Å². The van der Waals surface area contributed by atoms with Crippen molar-refractivity contribution in [2.75, 3.05) is 19.6 Å². The zero-order valence-electron chi connectivity index (χ0n) is 10.7. The molecule has 0 saturated carbocycles. The van der Waals surface area contributed by atoms with E-state index >= 15 is 0 Å². The summed E-state index contributed by atoms with van der Waals surface area (Å²) in [6.45, 7) is 2.53. The molecule has 1 saturated heterocycles. The van der Waals surface area contributed by atoms with Crippen LogP contribution in [-0.4, -0.2) is 33.3 Å². The van der Waals surface area contributed by atoms with Crippen LogP contribution in [-0.2, 0) is 11.3 Å². The Hall–Kier alpha value is -0.460. The molecule has 1 heterocycles. The van der Waals surface area contributed by atoms with Gasteiger partial charge in [-0.3, -0.25) is 9.45 Å². The summed E-state index contributed by atoms with van der Waals surface area (Å²) >= 11 is 3.94. The summed E-state index contributed by atoms with van der Waals surface area (Å²) in [5, 5.41) is 0.708. The second-order valence-electron chi connectivity index (χ2n) is 4.76. The third-order valence-electron chi connectivity index (χ3n) is 3.49. The molecule has 19 heavy (non-hydrogen) atoms. The second kappa shape index (κ2) is 7.36. The lowest BCUT2D eigenvalue weighted by atomic mass is 10.0. The van der Waals surface area contributed by atoms with E-state index in [-0.39, 0.29) is 6.04 Å². The molecule has 4 nitrogen and oxygen atoms in total. The number of rotatable bonds is 5. The first-order valence-electron chi connectivity index (χ1n) is 6.50. The normalized spacial score (nSPS) is 20.1. The Morgan fingerprint density at radius 3 is 2.47 bits per heavy atom. The molecule has 2 unspecified atom stereocenters. The van der Waals surface area contributed by atoms with Gasteiger partial charge in [-0.1, -0.05) is 30.2 Å². The maximum atomic E-state index is 10.8. The van der Waals surface area contributed by atoms with Crippen LogP contribution in [0.3, 0.4) is 0 Å². The van der Waals surface area contributed by atoms with Crippen molar-refractivity contribution in [3.63, 3.8) is 0 Å². The van der Waals surface area contributed by atoms with E-state index in [1.54, 1.807) is 0 Å². The highest BCUT2D eigenvalue weighted by Gasteiger charge is 2.22. The van der Waals surface area contributed by atoms with Crippen molar-refractivity contribution in [2.24, 2.45) is 0 Å². The summed E-state index contributed by atoms with van der Waals surface area (Å²) in [5.41, 5.74) is 1.13. The van der Waals surface area contributed by atoms with Crippen LogP contribution in [0.2, 0.25) is 5.02 Å². The molecule has 0 aliphatic carbocycles. The minimum absolute atomic E-state index is 0.119. The van der Waals surface area contributed by atoms with Crippen LogP contribution in [0.25, 0.3) is 0 Å². The zero-order chi connectivity index (χ0) is 13.7. The van der Waals surface area contributed by atoms with Gasteiger partial charge >= 0.3 is 0 Å². The highest BCUT2D eigenvalue weighted by atomic mass is 35.5. The Kier molecular flexibility index (Phi) is 5.78. The maximum absolute atomic E-state index is 10.8. The van der Waals surface area contributed by atoms with Gasteiger partial charge in [0.05, 0.1) is 0 Å². The number of hydrogen-bond donors (Lipinski definition) is 2. The van der Waals surface area contributed by atoms with E-state index in [9.17, 15) is 4.21 Å². The summed E-state index contributed by atoms with van der Waals surface area (Å²) in [6, 6.07) is 7.83. The van der Waals surface area contributed by atoms with Crippen LogP contribution in [0, 0.1) is 0 Å². The van der Waals surface area contributed by atoms with Crippen LogP contribution in [0.4, 0.5) is 0 Å².